The van der Waals surface area contributed by atoms with Gasteiger partial charge in [-0.15, -0.1) is 0 Å². The van der Waals surface area contributed by atoms with Crippen molar-refractivity contribution in [2.45, 2.75) is 0 Å². The summed E-state index contributed by atoms with van der Waals surface area (Å²) >= 11 is 0. The molecule has 0 unspecified atom stereocenters. The van der Waals surface area contributed by atoms with Crippen LogP contribution < -0.4 is 0 Å². The Morgan fingerprint density at radius 3 is 1.84 bits per heavy atom. The number of aromatic amines is 1. The van der Waals surface area contributed by atoms with Gasteiger partial charge in [-0.2, -0.15) is 0 Å². The van der Waals surface area contributed by atoms with E-state index in [0.29, 0.717) is 17.5 Å². The van der Waals surface area contributed by atoms with Gasteiger partial charge >= 0.3 is 0 Å². The molecular formula is C49H29N5O. The number of para-hydroxylation sites is 2. The Hall–Kier alpha value is -7.57. The summed E-state index contributed by atoms with van der Waals surface area (Å²) in [6.45, 7) is 0. The number of fused-ring (bicyclic) bond motifs is 12. The maximum atomic E-state index is 6.87. The lowest BCUT2D eigenvalue weighted by molar-refractivity contribution is 0.672. The number of hydrogen-bond donors (Lipinski definition) is 1. The van der Waals surface area contributed by atoms with Gasteiger partial charge in [-0.3, -0.25) is 0 Å². The van der Waals surface area contributed by atoms with E-state index in [4.69, 9.17) is 19.4 Å². The zero-order valence-corrected chi connectivity index (χ0v) is 29.4. The molecule has 55 heavy (non-hydrogen) atoms. The van der Waals surface area contributed by atoms with Crippen molar-refractivity contribution in [1.82, 2.24) is 24.5 Å². The Labute approximate surface area is 314 Å². The number of benzene rings is 8. The Morgan fingerprint density at radius 2 is 1.07 bits per heavy atom. The van der Waals surface area contributed by atoms with Gasteiger partial charge in [0.1, 0.15) is 11.2 Å². The second-order valence-electron chi connectivity index (χ2n) is 14.0. The van der Waals surface area contributed by atoms with Gasteiger partial charge in [0.15, 0.2) is 17.5 Å². The molecule has 0 amide bonds. The minimum Gasteiger partial charge on any atom is -0.455 e. The van der Waals surface area contributed by atoms with Crippen LogP contribution in [0.15, 0.2) is 174 Å². The molecule has 0 aliphatic rings. The summed E-state index contributed by atoms with van der Waals surface area (Å²) in [7, 11) is 0. The van der Waals surface area contributed by atoms with Crippen molar-refractivity contribution in [3.05, 3.63) is 170 Å². The SMILES string of the molecule is c1ccc(-c2nc(-c3ccccc3)nc(-c3cc4c(oc5cccc(-n6c7ccccc7c7ccc8c9ccccc9[nH]c8c76)c54)c4ccccc34)n2)cc1. The highest BCUT2D eigenvalue weighted by Crippen LogP contribution is 2.45. The van der Waals surface area contributed by atoms with Crippen LogP contribution in [-0.4, -0.2) is 24.5 Å². The van der Waals surface area contributed by atoms with Gasteiger partial charge in [0.05, 0.1) is 27.6 Å². The van der Waals surface area contributed by atoms with Crippen molar-refractivity contribution < 1.29 is 4.42 Å². The van der Waals surface area contributed by atoms with Crippen molar-refractivity contribution in [2.24, 2.45) is 0 Å². The highest BCUT2D eigenvalue weighted by Gasteiger charge is 2.23. The zero-order chi connectivity index (χ0) is 36.0. The maximum absolute atomic E-state index is 6.87. The predicted molar refractivity (Wildman–Crippen MR) is 225 cm³/mol. The normalized spacial score (nSPS) is 12.0. The lowest BCUT2D eigenvalue weighted by Crippen LogP contribution is -2.00. The van der Waals surface area contributed by atoms with Crippen LogP contribution in [-0.2, 0) is 0 Å². The third-order valence-electron chi connectivity index (χ3n) is 11.0. The van der Waals surface area contributed by atoms with E-state index in [1.807, 2.05) is 60.7 Å². The van der Waals surface area contributed by atoms with Crippen LogP contribution in [0, 0.1) is 0 Å². The van der Waals surface area contributed by atoms with E-state index < -0.39 is 0 Å². The molecule has 6 heteroatoms. The fourth-order valence-corrected chi connectivity index (χ4v) is 8.55. The summed E-state index contributed by atoms with van der Waals surface area (Å²) in [4.78, 5) is 19.1. The quantitative estimate of drug-likeness (QED) is 0.198. The highest BCUT2D eigenvalue weighted by molar-refractivity contribution is 6.25. The molecule has 0 aliphatic carbocycles. The topological polar surface area (TPSA) is 72.5 Å². The molecule has 8 aromatic carbocycles. The van der Waals surface area contributed by atoms with E-state index in [1.54, 1.807) is 0 Å². The summed E-state index contributed by atoms with van der Waals surface area (Å²) < 4.78 is 9.28. The fraction of sp³-hybridized carbons (Fsp3) is 0. The van der Waals surface area contributed by atoms with Crippen molar-refractivity contribution in [2.75, 3.05) is 0 Å². The highest BCUT2D eigenvalue weighted by atomic mass is 16.3. The minimum atomic E-state index is 0.606. The van der Waals surface area contributed by atoms with E-state index in [9.17, 15) is 0 Å². The van der Waals surface area contributed by atoms with Crippen LogP contribution in [0.3, 0.4) is 0 Å². The number of rotatable bonds is 4. The Bertz CT molecular complexity index is 3430. The van der Waals surface area contributed by atoms with Gasteiger partial charge in [-0.1, -0.05) is 140 Å². The molecule has 0 fully saturated rings. The smallest absolute Gasteiger partial charge is 0.164 e. The average Bonchev–Trinajstić information content (AvgIpc) is 3.94. The maximum Gasteiger partial charge on any atom is 0.164 e. The second kappa shape index (κ2) is 11.5. The largest absolute Gasteiger partial charge is 0.455 e. The van der Waals surface area contributed by atoms with Crippen molar-refractivity contribution >= 4 is 76.3 Å². The van der Waals surface area contributed by atoms with Crippen LogP contribution in [0.2, 0.25) is 0 Å². The number of hydrogen-bond acceptors (Lipinski definition) is 4. The molecule has 6 nitrogen and oxygen atoms in total. The lowest BCUT2D eigenvalue weighted by atomic mass is 9.99. The average molecular weight is 704 g/mol. The van der Waals surface area contributed by atoms with Crippen LogP contribution in [0.5, 0.6) is 0 Å². The summed E-state index contributed by atoms with van der Waals surface area (Å²) in [5.74, 6) is 1.85. The monoisotopic (exact) mass is 703 g/mol. The molecule has 0 spiro atoms. The Morgan fingerprint density at radius 1 is 0.455 bits per heavy atom. The van der Waals surface area contributed by atoms with Crippen molar-refractivity contribution in [3.63, 3.8) is 0 Å². The van der Waals surface area contributed by atoms with E-state index >= 15 is 0 Å². The molecule has 4 aromatic heterocycles. The molecular weight excluding hydrogens is 675 g/mol. The van der Waals surface area contributed by atoms with Gasteiger partial charge in [-0.25, -0.2) is 15.0 Å². The Kier molecular flexibility index (Phi) is 6.24. The first-order valence-corrected chi connectivity index (χ1v) is 18.5. The third-order valence-corrected chi connectivity index (χ3v) is 11.0. The molecule has 256 valence electrons. The number of H-pyrrole nitrogens is 1. The minimum absolute atomic E-state index is 0.606. The second-order valence-corrected chi connectivity index (χ2v) is 14.0. The first-order chi connectivity index (χ1) is 27.3. The molecule has 4 heterocycles. The molecule has 0 aliphatic heterocycles. The van der Waals surface area contributed by atoms with E-state index in [0.717, 1.165) is 77.2 Å². The summed E-state index contributed by atoms with van der Waals surface area (Å²) in [5, 5.41) is 8.83. The summed E-state index contributed by atoms with van der Waals surface area (Å²) in [5.41, 5.74) is 9.95. The van der Waals surface area contributed by atoms with Gasteiger partial charge < -0.3 is 14.0 Å². The predicted octanol–water partition coefficient (Wildman–Crippen LogP) is 12.7. The molecule has 0 radical (unpaired) electrons. The van der Waals surface area contributed by atoms with Crippen LogP contribution in [0.1, 0.15) is 0 Å². The molecule has 1 N–H and O–H groups in total. The zero-order valence-electron chi connectivity index (χ0n) is 29.4. The molecule has 0 bridgehead atoms. The van der Waals surface area contributed by atoms with Crippen molar-refractivity contribution in [1.29, 1.82) is 0 Å². The number of nitrogens with zero attached hydrogens (tertiary/aromatic N) is 4. The molecule has 12 rings (SSSR count). The first kappa shape index (κ1) is 29.9. The lowest BCUT2D eigenvalue weighted by Gasteiger charge is -2.12. The standard InChI is InChI=1S/C49H29N5O/c1-3-14-29(15-4-1)47-51-48(30-16-5-2-6-17-30)53-49(52-47)37-28-38-43-41(24-13-25-42(43)55-46(38)36-21-8-7-18-31(36)37)54-40-23-12-10-20-33(40)35-27-26-34-32-19-9-11-22-39(32)50-44(34)45(35)54/h1-28,50H. The number of furan rings is 1. The fourth-order valence-electron chi connectivity index (χ4n) is 8.55. The molecule has 0 saturated carbocycles. The van der Waals surface area contributed by atoms with E-state index in [2.05, 4.69) is 119 Å². The molecule has 0 atom stereocenters. The molecule has 12 aromatic rings. The van der Waals surface area contributed by atoms with Crippen LogP contribution in [0.4, 0.5) is 0 Å². The summed E-state index contributed by atoms with van der Waals surface area (Å²) in [6.07, 6.45) is 0. The number of nitrogens with one attached hydrogen (secondary N) is 1. The van der Waals surface area contributed by atoms with Crippen LogP contribution in [0.25, 0.3) is 116 Å². The van der Waals surface area contributed by atoms with Gasteiger partial charge in [0.25, 0.3) is 0 Å². The Balaban J connectivity index is 1.20. The van der Waals surface area contributed by atoms with Gasteiger partial charge in [0, 0.05) is 54.5 Å². The molecule has 0 saturated heterocycles. The van der Waals surface area contributed by atoms with Crippen molar-refractivity contribution in [3.8, 4) is 39.9 Å². The van der Waals surface area contributed by atoms with Crippen LogP contribution >= 0.6 is 0 Å². The third kappa shape index (κ3) is 4.39. The number of aromatic nitrogens is 5. The van der Waals surface area contributed by atoms with E-state index in [1.165, 1.54) is 21.5 Å². The first-order valence-electron chi connectivity index (χ1n) is 18.5. The van der Waals surface area contributed by atoms with Gasteiger partial charge in [0.2, 0.25) is 0 Å². The van der Waals surface area contributed by atoms with Gasteiger partial charge in [-0.05, 0) is 35.7 Å². The summed E-state index contributed by atoms with van der Waals surface area (Å²) in [6, 6.07) is 59.0. The van der Waals surface area contributed by atoms with E-state index in [-0.39, 0.29) is 0 Å².